The summed E-state index contributed by atoms with van der Waals surface area (Å²) in [6, 6.07) is 2.89. The average Bonchev–Trinajstić information content (AvgIpc) is 2.28. The van der Waals surface area contributed by atoms with Gasteiger partial charge in [0.25, 0.3) is 5.69 Å². The quantitative estimate of drug-likeness (QED) is 0.550. The minimum Gasteiger partial charge on any atom is -0.370 e. The van der Waals surface area contributed by atoms with E-state index < -0.39 is 10.8 Å². The third kappa shape index (κ3) is 3.42. The number of carbonyl (C=O) groups is 1. The van der Waals surface area contributed by atoms with E-state index in [1.54, 1.807) is 6.07 Å². The van der Waals surface area contributed by atoms with Crippen LogP contribution in [0.4, 0.5) is 11.5 Å². The molecule has 8 nitrogen and oxygen atoms in total. The van der Waals surface area contributed by atoms with Crippen LogP contribution in [-0.4, -0.2) is 22.4 Å². The van der Waals surface area contributed by atoms with Crippen molar-refractivity contribution in [1.82, 2.24) is 4.98 Å². The molecule has 0 aliphatic carbocycles. The van der Waals surface area contributed by atoms with Gasteiger partial charge in [-0.2, -0.15) is 5.26 Å². The van der Waals surface area contributed by atoms with Gasteiger partial charge in [-0.1, -0.05) is 0 Å². The van der Waals surface area contributed by atoms with E-state index in [1.807, 2.05) is 0 Å². The summed E-state index contributed by atoms with van der Waals surface area (Å²) < 4.78 is 0. The number of carbonyl (C=O) groups excluding carboxylic acids is 1. The number of aromatic nitrogens is 1. The monoisotopic (exact) mass is 235 g/mol. The van der Waals surface area contributed by atoms with Crippen molar-refractivity contribution in [3.8, 4) is 6.07 Å². The van der Waals surface area contributed by atoms with Gasteiger partial charge in [0.2, 0.25) is 5.91 Å². The highest BCUT2D eigenvalue weighted by molar-refractivity contribution is 5.74. The predicted octanol–water partition coefficient (Wildman–Crippen LogP) is 0.149. The Balaban J connectivity index is 2.83. The molecule has 0 saturated heterocycles. The van der Waals surface area contributed by atoms with Crippen LogP contribution in [0.1, 0.15) is 12.0 Å². The number of pyridine rings is 1. The number of nitrogens with two attached hydrogens (primary N) is 1. The van der Waals surface area contributed by atoms with E-state index in [4.69, 9.17) is 11.0 Å². The summed E-state index contributed by atoms with van der Waals surface area (Å²) in [5.41, 5.74) is 4.72. The number of nitro groups is 1. The number of nitrogens with one attached hydrogen (secondary N) is 1. The second-order valence-corrected chi connectivity index (χ2v) is 3.10. The van der Waals surface area contributed by atoms with Crippen LogP contribution >= 0.6 is 0 Å². The first-order valence-corrected chi connectivity index (χ1v) is 4.61. The zero-order chi connectivity index (χ0) is 12.8. The van der Waals surface area contributed by atoms with Gasteiger partial charge >= 0.3 is 0 Å². The lowest BCUT2D eigenvalue weighted by Crippen LogP contribution is -2.16. The maximum atomic E-state index is 10.5. The molecule has 88 valence electrons. The van der Waals surface area contributed by atoms with Crippen LogP contribution in [0.2, 0.25) is 0 Å². The first-order chi connectivity index (χ1) is 8.04. The molecule has 0 radical (unpaired) electrons. The summed E-state index contributed by atoms with van der Waals surface area (Å²) in [7, 11) is 0. The second-order valence-electron chi connectivity index (χ2n) is 3.10. The molecule has 0 spiro atoms. The van der Waals surface area contributed by atoms with Gasteiger partial charge in [0, 0.05) is 19.0 Å². The maximum Gasteiger partial charge on any atom is 0.289 e. The summed E-state index contributed by atoms with van der Waals surface area (Å²) in [6.07, 6.45) is 1.12. The lowest BCUT2D eigenvalue weighted by Gasteiger charge is -2.05. The SMILES string of the molecule is N#Cc1cc([N+](=O)[O-])cnc1NCCC(N)=O. The maximum absolute atomic E-state index is 10.5. The van der Waals surface area contributed by atoms with Crippen LogP contribution in [0.5, 0.6) is 0 Å². The molecule has 1 aromatic heterocycles. The molecule has 1 heterocycles. The molecule has 1 amide bonds. The lowest BCUT2D eigenvalue weighted by molar-refractivity contribution is -0.385. The molecule has 0 fully saturated rings. The summed E-state index contributed by atoms with van der Waals surface area (Å²) in [6.45, 7) is 0.217. The Labute approximate surface area is 96.2 Å². The van der Waals surface area contributed by atoms with Crippen molar-refractivity contribution in [1.29, 1.82) is 5.26 Å². The molecule has 0 unspecified atom stereocenters. The Morgan fingerprint density at radius 1 is 1.71 bits per heavy atom. The molecule has 17 heavy (non-hydrogen) atoms. The highest BCUT2D eigenvalue weighted by atomic mass is 16.6. The third-order valence-electron chi connectivity index (χ3n) is 1.87. The normalized spacial score (nSPS) is 9.35. The van der Waals surface area contributed by atoms with E-state index in [9.17, 15) is 14.9 Å². The minimum atomic E-state index is -0.638. The molecule has 1 rings (SSSR count). The molecular formula is C9H9N5O3. The molecule has 0 bridgehead atoms. The Kier molecular flexibility index (Phi) is 3.94. The number of rotatable bonds is 5. The molecule has 0 aliphatic rings. The van der Waals surface area contributed by atoms with Crippen molar-refractivity contribution >= 4 is 17.4 Å². The first kappa shape index (κ1) is 12.4. The van der Waals surface area contributed by atoms with Gasteiger partial charge in [-0.15, -0.1) is 0 Å². The predicted molar refractivity (Wildman–Crippen MR) is 57.9 cm³/mol. The molecular weight excluding hydrogens is 226 g/mol. The lowest BCUT2D eigenvalue weighted by atomic mass is 10.2. The number of hydrogen-bond acceptors (Lipinski definition) is 6. The van der Waals surface area contributed by atoms with Gasteiger partial charge in [-0.3, -0.25) is 14.9 Å². The van der Waals surface area contributed by atoms with Gasteiger partial charge in [0.05, 0.1) is 4.92 Å². The summed E-state index contributed by atoms with van der Waals surface area (Å²) in [5.74, 6) is -0.294. The van der Waals surface area contributed by atoms with Crippen molar-refractivity contribution in [2.45, 2.75) is 6.42 Å². The van der Waals surface area contributed by atoms with E-state index in [0.717, 1.165) is 12.3 Å². The van der Waals surface area contributed by atoms with Crippen molar-refractivity contribution in [3.63, 3.8) is 0 Å². The zero-order valence-electron chi connectivity index (χ0n) is 8.71. The fourth-order valence-electron chi connectivity index (χ4n) is 1.08. The van der Waals surface area contributed by atoms with Crippen molar-refractivity contribution in [2.24, 2.45) is 5.73 Å². The first-order valence-electron chi connectivity index (χ1n) is 4.61. The Morgan fingerprint density at radius 3 is 2.94 bits per heavy atom. The molecule has 3 N–H and O–H groups in total. The number of amides is 1. The van der Waals surface area contributed by atoms with E-state index in [0.29, 0.717) is 0 Å². The Hall–Kier alpha value is -2.69. The van der Waals surface area contributed by atoms with Crippen molar-refractivity contribution in [3.05, 3.63) is 27.9 Å². The number of primary amides is 1. The minimum absolute atomic E-state index is 0.0451. The number of anilines is 1. The van der Waals surface area contributed by atoms with E-state index in [1.165, 1.54) is 0 Å². The van der Waals surface area contributed by atoms with Gasteiger partial charge in [-0.25, -0.2) is 4.98 Å². The summed E-state index contributed by atoms with van der Waals surface area (Å²) in [4.78, 5) is 24.1. The van der Waals surface area contributed by atoms with Gasteiger partial charge in [0.15, 0.2) is 0 Å². The average molecular weight is 235 g/mol. The van der Waals surface area contributed by atoms with E-state index in [2.05, 4.69) is 10.3 Å². The van der Waals surface area contributed by atoms with Gasteiger partial charge < -0.3 is 11.1 Å². The van der Waals surface area contributed by atoms with Crippen LogP contribution < -0.4 is 11.1 Å². The van der Waals surface area contributed by atoms with Gasteiger partial charge in [-0.05, 0) is 0 Å². The topological polar surface area (TPSA) is 135 Å². The van der Waals surface area contributed by atoms with Crippen LogP contribution in [0, 0.1) is 21.4 Å². The van der Waals surface area contributed by atoms with E-state index in [-0.39, 0.29) is 30.0 Å². The fourth-order valence-corrected chi connectivity index (χ4v) is 1.08. The Morgan fingerprint density at radius 2 is 2.41 bits per heavy atom. The molecule has 0 aromatic carbocycles. The smallest absolute Gasteiger partial charge is 0.289 e. The highest BCUT2D eigenvalue weighted by Crippen LogP contribution is 2.17. The third-order valence-corrected chi connectivity index (χ3v) is 1.87. The molecule has 0 aliphatic heterocycles. The number of nitriles is 1. The van der Waals surface area contributed by atoms with Gasteiger partial charge in [0.1, 0.15) is 23.6 Å². The molecule has 0 atom stereocenters. The number of hydrogen-bond donors (Lipinski definition) is 2. The number of nitrogens with zero attached hydrogens (tertiary/aromatic N) is 3. The van der Waals surface area contributed by atoms with Crippen LogP contribution in [0.3, 0.4) is 0 Å². The largest absolute Gasteiger partial charge is 0.370 e. The zero-order valence-corrected chi connectivity index (χ0v) is 8.71. The van der Waals surface area contributed by atoms with Crippen molar-refractivity contribution in [2.75, 3.05) is 11.9 Å². The van der Waals surface area contributed by atoms with Crippen LogP contribution in [-0.2, 0) is 4.79 Å². The van der Waals surface area contributed by atoms with E-state index >= 15 is 0 Å². The molecule has 8 heteroatoms. The Bertz CT molecular complexity index is 494. The standard InChI is InChI=1S/C9H9N5O3/c10-4-6-3-7(14(16)17)5-13-9(6)12-2-1-8(11)15/h3,5H,1-2H2,(H2,11,15)(H,12,13). The highest BCUT2D eigenvalue weighted by Gasteiger charge is 2.11. The molecule has 1 aromatic rings. The summed E-state index contributed by atoms with van der Waals surface area (Å²) in [5, 5.41) is 22.0. The second kappa shape index (κ2) is 5.41. The molecule has 0 saturated carbocycles. The van der Waals surface area contributed by atoms with Crippen LogP contribution in [0.25, 0.3) is 0 Å². The van der Waals surface area contributed by atoms with Crippen molar-refractivity contribution < 1.29 is 9.72 Å². The van der Waals surface area contributed by atoms with Crippen LogP contribution in [0.15, 0.2) is 12.3 Å². The fraction of sp³-hybridized carbons (Fsp3) is 0.222. The summed E-state index contributed by atoms with van der Waals surface area (Å²) >= 11 is 0.